The van der Waals surface area contributed by atoms with E-state index in [-0.39, 0.29) is 23.3 Å². The molecule has 0 saturated heterocycles. The van der Waals surface area contributed by atoms with Crippen LogP contribution < -0.4 is 5.32 Å². The van der Waals surface area contributed by atoms with Gasteiger partial charge in [0.2, 0.25) is 11.8 Å². The molecule has 0 heterocycles. The predicted octanol–water partition coefficient (Wildman–Crippen LogP) is 6.55. The number of hydrogen-bond donors (Lipinski definition) is 1. The van der Waals surface area contributed by atoms with Crippen LogP contribution in [0.1, 0.15) is 82.9 Å². The second kappa shape index (κ2) is 12.0. The van der Waals surface area contributed by atoms with Gasteiger partial charge in [0.15, 0.2) is 0 Å². The van der Waals surface area contributed by atoms with E-state index in [0.29, 0.717) is 19.4 Å². The molecule has 184 valence electrons. The smallest absolute Gasteiger partial charge is 0.242 e. The van der Waals surface area contributed by atoms with E-state index < -0.39 is 6.04 Å². The molecule has 1 aliphatic carbocycles. The van der Waals surface area contributed by atoms with Gasteiger partial charge in [-0.2, -0.15) is 0 Å². The fraction of sp³-hybridized carbons (Fsp3) is 0.517. The molecule has 2 aromatic carbocycles. The normalized spacial score (nSPS) is 15.6. The first-order valence-electron chi connectivity index (χ1n) is 12.6. The van der Waals surface area contributed by atoms with E-state index in [0.717, 1.165) is 41.3 Å². The van der Waals surface area contributed by atoms with Crippen molar-refractivity contribution in [2.45, 2.75) is 96.7 Å². The van der Waals surface area contributed by atoms with E-state index in [1.807, 2.05) is 31.2 Å². The molecule has 1 atom stereocenters. The average Bonchev–Trinajstić information content (AvgIpc) is 2.82. The predicted molar refractivity (Wildman–Crippen MR) is 143 cm³/mol. The van der Waals surface area contributed by atoms with Gasteiger partial charge >= 0.3 is 0 Å². The van der Waals surface area contributed by atoms with Gasteiger partial charge in [0, 0.05) is 23.5 Å². The van der Waals surface area contributed by atoms with Crippen molar-refractivity contribution in [1.29, 1.82) is 0 Å². The van der Waals surface area contributed by atoms with E-state index in [1.54, 1.807) is 4.90 Å². The van der Waals surface area contributed by atoms with Crippen LogP contribution in [-0.2, 0) is 28.0 Å². The number of benzene rings is 2. The van der Waals surface area contributed by atoms with Crippen molar-refractivity contribution in [3.8, 4) is 0 Å². The number of hydrogen-bond acceptors (Lipinski definition) is 2. The van der Waals surface area contributed by atoms with E-state index in [2.05, 4.69) is 66.3 Å². The standard InChI is InChI=1S/C29H39BrN2O2/c1-21(28(34)31-26-8-6-5-7-9-26)32(20-23-12-17-25(30)18-13-23)27(33)19-14-22-10-15-24(16-11-22)29(2,3)4/h10-13,15-18,21,26H,5-9,14,19-20H2,1-4H3,(H,31,34)/t21-/m0/s1. The molecule has 1 aliphatic rings. The third kappa shape index (κ3) is 7.69. The number of nitrogens with zero attached hydrogens (tertiary/aromatic N) is 1. The Labute approximate surface area is 213 Å². The van der Waals surface area contributed by atoms with Crippen LogP contribution >= 0.6 is 15.9 Å². The highest BCUT2D eigenvalue weighted by atomic mass is 79.9. The van der Waals surface area contributed by atoms with Crippen LogP contribution in [0, 0.1) is 0 Å². The van der Waals surface area contributed by atoms with Crippen LogP contribution in [0.15, 0.2) is 53.0 Å². The van der Waals surface area contributed by atoms with Crippen molar-refractivity contribution < 1.29 is 9.59 Å². The molecule has 1 N–H and O–H groups in total. The summed E-state index contributed by atoms with van der Waals surface area (Å²) in [5, 5.41) is 3.20. The third-order valence-electron chi connectivity index (χ3n) is 6.83. The molecule has 0 spiro atoms. The van der Waals surface area contributed by atoms with Gasteiger partial charge < -0.3 is 10.2 Å². The summed E-state index contributed by atoms with van der Waals surface area (Å²) >= 11 is 3.47. The SMILES string of the molecule is C[C@@H](C(=O)NC1CCCCC1)N(Cc1ccc(Br)cc1)C(=O)CCc1ccc(C(C)(C)C)cc1. The quantitative estimate of drug-likeness (QED) is 0.424. The van der Waals surface area contributed by atoms with Gasteiger partial charge in [0.05, 0.1) is 0 Å². The highest BCUT2D eigenvalue weighted by Gasteiger charge is 2.28. The van der Waals surface area contributed by atoms with E-state index >= 15 is 0 Å². The minimum Gasteiger partial charge on any atom is -0.352 e. The lowest BCUT2D eigenvalue weighted by molar-refractivity contribution is -0.141. The summed E-state index contributed by atoms with van der Waals surface area (Å²) in [6.45, 7) is 8.88. The Morgan fingerprint density at radius 2 is 1.56 bits per heavy atom. The molecule has 5 heteroatoms. The zero-order chi connectivity index (χ0) is 24.7. The molecule has 0 aromatic heterocycles. The molecule has 0 unspecified atom stereocenters. The first-order valence-corrected chi connectivity index (χ1v) is 13.4. The molecule has 0 radical (unpaired) electrons. The summed E-state index contributed by atoms with van der Waals surface area (Å²) in [4.78, 5) is 28.2. The van der Waals surface area contributed by atoms with Crippen molar-refractivity contribution in [2.24, 2.45) is 0 Å². The number of halogens is 1. The Balaban J connectivity index is 1.69. The molecule has 1 fully saturated rings. The van der Waals surface area contributed by atoms with Crippen LogP contribution in [0.3, 0.4) is 0 Å². The molecule has 2 aromatic rings. The molecule has 4 nitrogen and oxygen atoms in total. The lowest BCUT2D eigenvalue weighted by Gasteiger charge is -2.31. The Morgan fingerprint density at radius 3 is 2.15 bits per heavy atom. The van der Waals surface area contributed by atoms with E-state index in [1.165, 1.54) is 12.0 Å². The van der Waals surface area contributed by atoms with Crippen LogP contribution in [0.4, 0.5) is 0 Å². The van der Waals surface area contributed by atoms with E-state index in [9.17, 15) is 9.59 Å². The number of amides is 2. The Kier molecular flexibility index (Phi) is 9.35. The van der Waals surface area contributed by atoms with Gasteiger partial charge in [-0.15, -0.1) is 0 Å². The zero-order valence-corrected chi connectivity index (χ0v) is 22.7. The maximum atomic E-state index is 13.4. The number of nitrogens with one attached hydrogen (secondary N) is 1. The summed E-state index contributed by atoms with van der Waals surface area (Å²) in [5.74, 6) is -0.0407. The summed E-state index contributed by atoms with van der Waals surface area (Å²) in [6.07, 6.45) is 6.67. The first-order chi connectivity index (χ1) is 16.1. The Morgan fingerprint density at radius 1 is 0.971 bits per heavy atom. The summed E-state index contributed by atoms with van der Waals surface area (Å²) in [6, 6.07) is 16.2. The number of carbonyl (C=O) groups excluding carboxylic acids is 2. The summed E-state index contributed by atoms with van der Waals surface area (Å²) in [5.41, 5.74) is 3.55. The van der Waals surface area contributed by atoms with Crippen LogP contribution in [0.25, 0.3) is 0 Å². The molecule has 0 aliphatic heterocycles. The molecule has 34 heavy (non-hydrogen) atoms. The number of rotatable bonds is 8. The van der Waals surface area contributed by atoms with Crippen molar-refractivity contribution in [2.75, 3.05) is 0 Å². The largest absolute Gasteiger partial charge is 0.352 e. The summed E-state index contributed by atoms with van der Waals surface area (Å²) in [7, 11) is 0. The second-order valence-electron chi connectivity index (χ2n) is 10.6. The molecule has 2 amide bonds. The Hall–Kier alpha value is -2.14. The first kappa shape index (κ1) is 26.5. The molecular weight excluding hydrogens is 488 g/mol. The molecule has 3 rings (SSSR count). The fourth-order valence-electron chi connectivity index (χ4n) is 4.50. The fourth-order valence-corrected chi connectivity index (χ4v) is 4.77. The van der Waals surface area contributed by atoms with Gasteiger partial charge in [-0.25, -0.2) is 0 Å². The lowest BCUT2D eigenvalue weighted by atomic mass is 9.86. The van der Waals surface area contributed by atoms with Crippen LogP contribution in [0.2, 0.25) is 0 Å². The number of aryl methyl sites for hydroxylation is 1. The highest BCUT2D eigenvalue weighted by Crippen LogP contribution is 2.23. The summed E-state index contributed by atoms with van der Waals surface area (Å²) < 4.78 is 0.996. The minimum atomic E-state index is -0.513. The second-order valence-corrected chi connectivity index (χ2v) is 11.5. The molecule has 1 saturated carbocycles. The average molecular weight is 528 g/mol. The highest BCUT2D eigenvalue weighted by molar-refractivity contribution is 9.10. The molecular formula is C29H39BrN2O2. The number of carbonyl (C=O) groups is 2. The van der Waals surface area contributed by atoms with Crippen molar-refractivity contribution in [3.63, 3.8) is 0 Å². The maximum Gasteiger partial charge on any atom is 0.242 e. The zero-order valence-electron chi connectivity index (χ0n) is 21.1. The van der Waals surface area contributed by atoms with Crippen molar-refractivity contribution in [3.05, 3.63) is 69.7 Å². The third-order valence-corrected chi connectivity index (χ3v) is 7.36. The van der Waals surface area contributed by atoms with Crippen LogP contribution in [0.5, 0.6) is 0 Å². The van der Waals surface area contributed by atoms with Gasteiger partial charge in [-0.3, -0.25) is 9.59 Å². The maximum absolute atomic E-state index is 13.4. The topological polar surface area (TPSA) is 49.4 Å². The van der Waals surface area contributed by atoms with Crippen molar-refractivity contribution >= 4 is 27.7 Å². The monoisotopic (exact) mass is 526 g/mol. The minimum absolute atomic E-state index is 0.00844. The van der Waals surface area contributed by atoms with Gasteiger partial charge in [-0.1, -0.05) is 92.4 Å². The van der Waals surface area contributed by atoms with Gasteiger partial charge in [-0.05, 0) is 60.4 Å². The van der Waals surface area contributed by atoms with Crippen LogP contribution in [-0.4, -0.2) is 28.8 Å². The van der Waals surface area contributed by atoms with E-state index in [4.69, 9.17) is 0 Å². The molecule has 0 bridgehead atoms. The van der Waals surface area contributed by atoms with Gasteiger partial charge in [0.1, 0.15) is 6.04 Å². The van der Waals surface area contributed by atoms with Crippen molar-refractivity contribution in [1.82, 2.24) is 10.2 Å². The lowest BCUT2D eigenvalue weighted by Crippen LogP contribution is -2.50. The van der Waals surface area contributed by atoms with Gasteiger partial charge in [0.25, 0.3) is 0 Å². The Bertz CT molecular complexity index is 942.